The number of benzene rings is 1. The van der Waals surface area contributed by atoms with Gasteiger partial charge in [0.1, 0.15) is 12.2 Å². The molecule has 2 amide bonds. The number of aromatic amines is 2. The number of nitrogens with one attached hydrogen (secondary N) is 5. The van der Waals surface area contributed by atoms with E-state index in [2.05, 4.69) is 21.2 Å². The van der Waals surface area contributed by atoms with Crippen LogP contribution in [0, 0.1) is 0 Å². The van der Waals surface area contributed by atoms with Gasteiger partial charge in [-0.1, -0.05) is 6.07 Å². The zero-order chi connectivity index (χ0) is 27.1. The van der Waals surface area contributed by atoms with Crippen LogP contribution in [0.4, 0.5) is 4.79 Å². The van der Waals surface area contributed by atoms with Crippen LogP contribution >= 0.6 is 0 Å². The zero-order valence-electron chi connectivity index (χ0n) is 20.1. The first-order valence-corrected chi connectivity index (χ1v) is 10.9. The largest absolute Gasteiger partial charge is 0.494 e. The summed E-state index contributed by atoms with van der Waals surface area (Å²) in [6.45, 7) is 3.32. The number of nitrogens with zero attached hydrogens (tertiary/aromatic N) is 1. The summed E-state index contributed by atoms with van der Waals surface area (Å²) in [7, 11) is 1.24. The van der Waals surface area contributed by atoms with Crippen LogP contribution in [-0.2, 0) is 9.53 Å². The molecule has 1 aromatic heterocycles. The topological polar surface area (TPSA) is 216 Å². The number of carbonyl (C=O) groups is 2. The molecule has 7 N–H and O–H groups in total. The molecule has 2 atom stereocenters. The molecule has 15 heteroatoms. The highest BCUT2D eigenvalue weighted by Gasteiger charge is 2.32. The first kappa shape index (κ1) is 26.8. The second kappa shape index (κ2) is 11.8. The monoisotopic (exact) mass is 518 g/mol. The number of esters is 1. The first-order valence-electron chi connectivity index (χ1n) is 10.9. The maximum atomic E-state index is 12.3. The summed E-state index contributed by atoms with van der Waals surface area (Å²) in [5.74, 6) is -0.752. The molecule has 37 heavy (non-hydrogen) atoms. The Morgan fingerprint density at radius 1 is 1.22 bits per heavy atom. The third kappa shape index (κ3) is 6.46. The zero-order valence-corrected chi connectivity index (χ0v) is 20.1. The van der Waals surface area contributed by atoms with E-state index in [4.69, 9.17) is 14.2 Å². The number of amides is 2. The van der Waals surface area contributed by atoms with Crippen molar-refractivity contribution in [3.05, 3.63) is 61.4 Å². The summed E-state index contributed by atoms with van der Waals surface area (Å²) in [6.07, 6.45) is -0.426. The quantitative estimate of drug-likeness (QED) is 0.0907. The third-order valence-electron chi connectivity index (χ3n) is 5.05. The summed E-state index contributed by atoms with van der Waals surface area (Å²) in [5.41, 5.74) is 1.34. The Morgan fingerprint density at radius 2 is 1.97 bits per heavy atom. The number of hydrazone groups is 1. The van der Waals surface area contributed by atoms with Crippen molar-refractivity contribution in [2.45, 2.75) is 26.1 Å². The van der Waals surface area contributed by atoms with Gasteiger partial charge < -0.3 is 35.1 Å². The summed E-state index contributed by atoms with van der Waals surface area (Å²) in [4.78, 5) is 51.1. The number of allylic oxidation sites excluding steroid dienone is 1. The molecule has 0 saturated heterocycles. The number of aromatic nitrogens is 2. The lowest BCUT2D eigenvalue weighted by Gasteiger charge is -2.28. The van der Waals surface area contributed by atoms with Gasteiger partial charge in [0.2, 0.25) is 5.88 Å². The van der Waals surface area contributed by atoms with Crippen LogP contribution in [-0.4, -0.2) is 64.9 Å². The van der Waals surface area contributed by atoms with E-state index in [1.54, 1.807) is 32.0 Å². The van der Waals surface area contributed by atoms with Crippen LogP contribution in [0.5, 0.6) is 17.4 Å². The van der Waals surface area contributed by atoms with Gasteiger partial charge in [0.05, 0.1) is 31.5 Å². The van der Waals surface area contributed by atoms with Gasteiger partial charge in [-0.2, -0.15) is 5.10 Å². The number of aromatic hydroxyl groups is 1. The van der Waals surface area contributed by atoms with Crippen LogP contribution in [0.15, 0.2) is 44.2 Å². The number of hydrogen-bond donors (Lipinski definition) is 7. The molecular weight excluding hydrogens is 492 g/mol. The Labute approximate surface area is 209 Å². The molecule has 0 spiro atoms. The molecule has 1 aliphatic heterocycles. The highest BCUT2D eigenvalue weighted by molar-refractivity contribution is 5.95. The first-order chi connectivity index (χ1) is 17.6. The van der Waals surface area contributed by atoms with Gasteiger partial charge in [0, 0.05) is 5.70 Å². The SMILES string of the molecule is CCOc1cc([C@H]2NC(=O)NC(C)=C2C(=O)OC)ccc1OC[C@H](O)N/N=C/c1c(O)[nH]c(=O)[nH]c1=O. The molecular formula is C22H26N6O9. The fourth-order valence-corrected chi connectivity index (χ4v) is 3.41. The van der Waals surface area contributed by atoms with E-state index in [1.807, 2.05) is 9.97 Å². The van der Waals surface area contributed by atoms with Crippen molar-refractivity contribution in [2.24, 2.45) is 5.10 Å². The average molecular weight is 518 g/mol. The maximum Gasteiger partial charge on any atom is 0.337 e. The number of H-pyrrole nitrogens is 2. The molecule has 1 aromatic carbocycles. The van der Waals surface area contributed by atoms with Gasteiger partial charge in [0.15, 0.2) is 17.7 Å². The molecule has 15 nitrogen and oxygen atoms in total. The number of carbonyl (C=O) groups excluding carboxylic acids is 2. The van der Waals surface area contributed by atoms with Gasteiger partial charge >= 0.3 is 17.7 Å². The molecule has 1 aliphatic rings. The predicted octanol–water partition coefficient (Wildman–Crippen LogP) is -0.711. The van der Waals surface area contributed by atoms with E-state index < -0.39 is 41.4 Å². The Hall–Kier alpha value is -4.79. The van der Waals surface area contributed by atoms with Crippen molar-refractivity contribution in [1.29, 1.82) is 0 Å². The predicted molar refractivity (Wildman–Crippen MR) is 128 cm³/mol. The number of hydrogen-bond acceptors (Lipinski definition) is 11. The Balaban J connectivity index is 1.73. The van der Waals surface area contributed by atoms with Crippen LogP contribution in [0.2, 0.25) is 0 Å². The van der Waals surface area contributed by atoms with Gasteiger partial charge in [0.25, 0.3) is 5.56 Å². The van der Waals surface area contributed by atoms with Crippen molar-refractivity contribution in [1.82, 2.24) is 26.0 Å². The second-order valence-corrected chi connectivity index (χ2v) is 7.59. The fraction of sp³-hybridized carbons (Fsp3) is 0.318. The molecule has 2 aromatic rings. The van der Waals surface area contributed by atoms with Crippen molar-refractivity contribution >= 4 is 18.2 Å². The summed E-state index contributed by atoms with van der Waals surface area (Å²) in [6, 6.07) is 3.47. The number of rotatable bonds is 10. The highest BCUT2D eigenvalue weighted by atomic mass is 16.5. The van der Waals surface area contributed by atoms with Crippen LogP contribution in [0.3, 0.4) is 0 Å². The fourth-order valence-electron chi connectivity index (χ4n) is 3.41. The maximum absolute atomic E-state index is 12.3. The molecule has 198 valence electrons. The number of urea groups is 1. The van der Waals surface area contributed by atoms with E-state index >= 15 is 0 Å². The van der Waals surface area contributed by atoms with Gasteiger partial charge in [-0.3, -0.25) is 20.2 Å². The number of aliphatic hydroxyl groups is 1. The highest BCUT2D eigenvalue weighted by Crippen LogP contribution is 2.34. The van der Waals surface area contributed by atoms with Crippen LogP contribution in [0.25, 0.3) is 0 Å². The van der Waals surface area contributed by atoms with Gasteiger partial charge in [-0.15, -0.1) is 0 Å². The standard InChI is InChI=1S/C22H26N6O9/c1-4-36-14-7-11(17-16(20(32)35-3)10(2)24-21(33)25-17)5-6-13(14)37-9-15(29)28-23-8-12-18(30)26-22(34)27-19(12)31/h5-8,15,17,28-29H,4,9H2,1-3H3,(H2,24,25,33)(H3,26,27,30,31,34)/b23-8+/t15-,17+/m0/s1. The van der Waals surface area contributed by atoms with Gasteiger partial charge in [-0.25, -0.2) is 14.4 Å². The van der Waals surface area contributed by atoms with Crippen molar-refractivity contribution in [3.63, 3.8) is 0 Å². The molecule has 2 heterocycles. The molecule has 0 saturated carbocycles. The van der Waals surface area contributed by atoms with Crippen LogP contribution < -0.4 is 36.8 Å². The minimum atomic E-state index is -1.34. The molecule has 0 fully saturated rings. The van der Waals surface area contributed by atoms with E-state index in [0.717, 1.165) is 6.21 Å². The number of ether oxygens (including phenoxy) is 3. The summed E-state index contributed by atoms with van der Waals surface area (Å²) < 4.78 is 16.1. The average Bonchev–Trinajstić information content (AvgIpc) is 2.84. The number of aliphatic hydroxyl groups excluding tert-OH is 1. The third-order valence-corrected chi connectivity index (χ3v) is 5.05. The van der Waals surface area contributed by atoms with E-state index in [-0.39, 0.29) is 35.8 Å². The van der Waals surface area contributed by atoms with E-state index in [9.17, 15) is 29.4 Å². The minimum Gasteiger partial charge on any atom is -0.494 e. The Bertz CT molecular complexity index is 1350. The van der Waals surface area contributed by atoms with Crippen LogP contribution in [0.1, 0.15) is 31.0 Å². The Morgan fingerprint density at radius 3 is 2.65 bits per heavy atom. The summed E-state index contributed by atoms with van der Waals surface area (Å²) >= 11 is 0. The molecule has 0 unspecified atom stereocenters. The van der Waals surface area contributed by atoms with E-state index in [1.165, 1.54) is 7.11 Å². The lowest BCUT2D eigenvalue weighted by molar-refractivity contribution is -0.136. The lowest BCUT2D eigenvalue weighted by Crippen LogP contribution is -2.45. The molecule has 0 bridgehead atoms. The number of methoxy groups -OCH3 is 1. The van der Waals surface area contributed by atoms with E-state index in [0.29, 0.717) is 11.3 Å². The normalized spacial score (nSPS) is 16.1. The van der Waals surface area contributed by atoms with Gasteiger partial charge in [-0.05, 0) is 31.5 Å². The Kier molecular flexibility index (Phi) is 8.52. The molecule has 3 rings (SSSR count). The van der Waals surface area contributed by atoms with Crippen molar-refractivity contribution in [2.75, 3.05) is 20.3 Å². The second-order valence-electron chi connectivity index (χ2n) is 7.59. The molecule has 0 aliphatic carbocycles. The lowest BCUT2D eigenvalue weighted by atomic mass is 9.95. The van der Waals surface area contributed by atoms with Crippen molar-refractivity contribution < 1.29 is 34.0 Å². The summed E-state index contributed by atoms with van der Waals surface area (Å²) in [5, 5.41) is 28.6. The van der Waals surface area contributed by atoms with Crippen molar-refractivity contribution in [3.8, 4) is 17.4 Å². The smallest absolute Gasteiger partial charge is 0.337 e. The minimum absolute atomic E-state index is 0.225. The molecule has 0 radical (unpaired) electrons.